The SMILES string of the molecule is O=[N+]([O-])[C@@H]1[C@@H](OCc2ccccc2)[C@H](OCc2ccccc2)[C@@H](COCc2ccccc2)O[C@H]1c1ccccc1. The molecule has 1 aliphatic rings. The van der Waals surface area contributed by atoms with Gasteiger partial charge in [0.15, 0.2) is 12.2 Å². The van der Waals surface area contributed by atoms with Crippen LogP contribution in [0.15, 0.2) is 121 Å². The monoisotopic (exact) mass is 539 g/mol. The predicted octanol–water partition coefficient (Wildman–Crippen LogP) is 6.16. The Morgan fingerprint density at radius 1 is 0.625 bits per heavy atom. The van der Waals surface area contributed by atoms with Gasteiger partial charge < -0.3 is 18.9 Å². The molecule has 4 aromatic carbocycles. The highest BCUT2D eigenvalue weighted by Crippen LogP contribution is 2.37. The lowest BCUT2D eigenvalue weighted by atomic mass is 9.89. The van der Waals surface area contributed by atoms with Crippen molar-refractivity contribution in [2.24, 2.45) is 0 Å². The highest BCUT2D eigenvalue weighted by Gasteiger charge is 2.54. The molecule has 0 amide bonds. The largest absolute Gasteiger partial charge is 0.374 e. The first-order valence-corrected chi connectivity index (χ1v) is 13.5. The van der Waals surface area contributed by atoms with Crippen molar-refractivity contribution in [3.63, 3.8) is 0 Å². The van der Waals surface area contributed by atoms with Gasteiger partial charge in [-0.25, -0.2) is 0 Å². The van der Waals surface area contributed by atoms with Crippen molar-refractivity contribution in [3.8, 4) is 0 Å². The van der Waals surface area contributed by atoms with Crippen molar-refractivity contribution >= 4 is 0 Å². The Hall–Kier alpha value is -3.88. The topological polar surface area (TPSA) is 80.1 Å². The summed E-state index contributed by atoms with van der Waals surface area (Å²) >= 11 is 0. The van der Waals surface area contributed by atoms with Crippen molar-refractivity contribution in [2.75, 3.05) is 6.61 Å². The molecule has 5 atom stereocenters. The average molecular weight is 540 g/mol. The minimum absolute atomic E-state index is 0.188. The maximum atomic E-state index is 12.6. The summed E-state index contributed by atoms with van der Waals surface area (Å²) < 4.78 is 25.4. The zero-order valence-corrected chi connectivity index (χ0v) is 22.2. The van der Waals surface area contributed by atoms with Gasteiger partial charge in [-0.15, -0.1) is 0 Å². The van der Waals surface area contributed by atoms with Gasteiger partial charge in [-0.2, -0.15) is 0 Å². The first-order chi connectivity index (χ1) is 19.7. The van der Waals surface area contributed by atoms with E-state index in [9.17, 15) is 10.1 Å². The summed E-state index contributed by atoms with van der Waals surface area (Å²) in [4.78, 5) is 12.3. The quantitative estimate of drug-likeness (QED) is 0.158. The fourth-order valence-corrected chi connectivity index (χ4v) is 5.00. The van der Waals surface area contributed by atoms with Gasteiger partial charge in [0.2, 0.25) is 0 Å². The Balaban J connectivity index is 1.45. The molecule has 4 aromatic rings. The fraction of sp³-hybridized carbons (Fsp3) is 0.273. The molecule has 7 nitrogen and oxygen atoms in total. The summed E-state index contributed by atoms with van der Waals surface area (Å²) in [6, 6.07) is 37.3. The van der Waals surface area contributed by atoms with Crippen LogP contribution in [0.25, 0.3) is 0 Å². The zero-order valence-electron chi connectivity index (χ0n) is 22.2. The standard InChI is InChI=1S/C33H33NO6/c35-34(36)30-31(28-19-11-4-12-20-28)40-29(24-37-21-25-13-5-1-6-14-25)32(38-22-26-15-7-2-8-16-26)33(30)39-23-27-17-9-3-10-18-27/h1-20,29-33H,21-24H2/t29-,30+,31+,32-,33-/m1/s1. The van der Waals surface area contributed by atoms with Crippen LogP contribution >= 0.6 is 0 Å². The smallest absolute Gasteiger partial charge is 0.271 e. The van der Waals surface area contributed by atoms with E-state index in [1.165, 1.54) is 0 Å². The molecular formula is C33H33NO6. The number of benzene rings is 4. The molecule has 7 heteroatoms. The number of nitrogens with zero attached hydrogens (tertiary/aromatic N) is 1. The van der Waals surface area contributed by atoms with Gasteiger partial charge in [-0.1, -0.05) is 121 Å². The van der Waals surface area contributed by atoms with Gasteiger partial charge in [-0.3, -0.25) is 10.1 Å². The Bertz CT molecular complexity index is 1310. The van der Waals surface area contributed by atoms with Crippen molar-refractivity contribution in [2.45, 2.75) is 50.3 Å². The molecule has 0 radical (unpaired) electrons. The van der Waals surface area contributed by atoms with Gasteiger partial charge >= 0.3 is 0 Å². The van der Waals surface area contributed by atoms with Gasteiger partial charge in [0.1, 0.15) is 12.2 Å². The molecule has 0 aliphatic carbocycles. The van der Waals surface area contributed by atoms with Crippen molar-refractivity contribution in [1.29, 1.82) is 0 Å². The summed E-state index contributed by atoms with van der Waals surface area (Å²) in [7, 11) is 0. The highest BCUT2D eigenvalue weighted by atomic mass is 16.7. The van der Waals surface area contributed by atoms with E-state index in [1.807, 2.05) is 121 Å². The molecule has 1 saturated heterocycles. The summed E-state index contributed by atoms with van der Waals surface area (Å²) in [5, 5.41) is 12.6. The fourth-order valence-electron chi connectivity index (χ4n) is 5.00. The average Bonchev–Trinajstić information content (AvgIpc) is 3.01. The number of hydrogen-bond acceptors (Lipinski definition) is 6. The van der Waals surface area contributed by atoms with Crippen LogP contribution in [0, 0.1) is 10.1 Å². The van der Waals surface area contributed by atoms with Crippen LogP contribution in [-0.2, 0) is 38.8 Å². The van der Waals surface area contributed by atoms with Gasteiger partial charge in [0.25, 0.3) is 6.04 Å². The lowest BCUT2D eigenvalue weighted by Gasteiger charge is -2.42. The van der Waals surface area contributed by atoms with Crippen LogP contribution in [0.3, 0.4) is 0 Å². The van der Waals surface area contributed by atoms with E-state index >= 15 is 0 Å². The molecule has 1 fully saturated rings. The van der Waals surface area contributed by atoms with E-state index in [1.54, 1.807) is 0 Å². The second-order valence-electron chi connectivity index (χ2n) is 9.80. The third-order valence-electron chi connectivity index (χ3n) is 6.99. The molecular weight excluding hydrogens is 506 g/mol. The highest BCUT2D eigenvalue weighted by molar-refractivity contribution is 5.21. The molecule has 0 spiro atoms. The molecule has 40 heavy (non-hydrogen) atoms. The molecule has 1 heterocycles. The Labute approximate surface area is 234 Å². The third kappa shape index (κ3) is 7.20. The Morgan fingerprint density at radius 2 is 1.07 bits per heavy atom. The molecule has 206 valence electrons. The van der Waals surface area contributed by atoms with Crippen LogP contribution in [0.4, 0.5) is 0 Å². The normalized spacial score (nSPS) is 22.6. The lowest BCUT2D eigenvalue weighted by molar-refractivity contribution is -0.563. The maximum Gasteiger partial charge on any atom is 0.271 e. The first kappa shape index (κ1) is 27.7. The summed E-state index contributed by atoms with van der Waals surface area (Å²) in [6.07, 6.45) is -3.06. The summed E-state index contributed by atoms with van der Waals surface area (Å²) in [5.41, 5.74) is 3.62. The maximum absolute atomic E-state index is 12.6. The van der Waals surface area contributed by atoms with Crippen molar-refractivity contribution in [3.05, 3.63) is 154 Å². The van der Waals surface area contributed by atoms with E-state index in [0.717, 1.165) is 16.7 Å². The molecule has 0 unspecified atom stereocenters. The van der Waals surface area contributed by atoms with E-state index in [-0.39, 0.29) is 24.7 Å². The number of hydrogen-bond donors (Lipinski definition) is 0. The number of rotatable bonds is 12. The van der Waals surface area contributed by atoms with E-state index in [2.05, 4.69) is 0 Å². The number of nitro groups is 1. The minimum Gasteiger partial charge on any atom is -0.374 e. The lowest BCUT2D eigenvalue weighted by Crippen LogP contribution is -2.59. The minimum atomic E-state index is -1.18. The molecule has 0 bridgehead atoms. The van der Waals surface area contributed by atoms with E-state index in [0.29, 0.717) is 12.2 Å². The molecule has 0 saturated carbocycles. The molecule has 5 rings (SSSR count). The van der Waals surface area contributed by atoms with Crippen LogP contribution < -0.4 is 0 Å². The van der Waals surface area contributed by atoms with Gasteiger partial charge in [-0.05, 0) is 22.3 Å². The number of ether oxygens (including phenoxy) is 4. The second-order valence-corrected chi connectivity index (χ2v) is 9.80. The van der Waals surface area contributed by atoms with E-state index < -0.39 is 30.5 Å². The Kier molecular flexibility index (Phi) is 9.66. The van der Waals surface area contributed by atoms with Crippen molar-refractivity contribution < 1.29 is 23.9 Å². The summed E-state index contributed by atoms with van der Waals surface area (Å²) in [5.74, 6) is 0. The molecule has 1 aliphatic heterocycles. The van der Waals surface area contributed by atoms with Crippen LogP contribution in [0.5, 0.6) is 0 Å². The van der Waals surface area contributed by atoms with Crippen molar-refractivity contribution in [1.82, 2.24) is 0 Å². The first-order valence-electron chi connectivity index (χ1n) is 13.5. The van der Waals surface area contributed by atoms with Crippen LogP contribution in [0.1, 0.15) is 28.4 Å². The van der Waals surface area contributed by atoms with Crippen LogP contribution in [-0.4, -0.2) is 35.9 Å². The second kappa shape index (κ2) is 14.0. The summed E-state index contributed by atoms with van der Waals surface area (Å²) in [6.45, 7) is 1.04. The van der Waals surface area contributed by atoms with Gasteiger partial charge in [0, 0.05) is 4.92 Å². The van der Waals surface area contributed by atoms with E-state index in [4.69, 9.17) is 18.9 Å². The zero-order chi connectivity index (χ0) is 27.6. The molecule has 0 N–H and O–H groups in total. The Morgan fingerprint density at radius 3 is 1.57 bits per heavy atom. The molecule has 0 aromatic heterocycles. The predicted molar refractivity (Wildman–Crippen MR) is 151 cm³/mol. The van der Waals surface area contributed by atoms with Crippen LogP contribution in [0.2, 0.25) is 0 Å². The van der Waals surface area contributed by atoms with Gasteiger partial charge in [0.05, 0.1) is 26.4 Å². The third-order valence-corrected chi connectivity index (χ3v) is 6.99.